The van der Waals surface area contributed by atoms with Crippen molar-refractivity contribution < 1.29 is 9.15 Å². The van der Waals surface area contributed by atoms with Crippen molar-refractivity contribution in [2.75, 3.05) is 24.6 Å². The molecule has 0 aromatic carbocycles. The molecule has 0 saturated carbocycles. The minimum atomic E-state index is 0.282. The number of ether oxygens (including phenoxy) is 1. The van der Waals surface area contributed by atoms with Gasteiger partial charge in [0.05, 0.1) is 12.6 Å². The summed E-state index contributed by atoms with van der Waals surface area (Å²) in [5.41, 5.74) is 5.43. The molecule has 1 aliphatic heterocycles. The lowest BCUT2D eigenvalue weighted by atomic mass is 10.2. The summed E-state index contributed by atoms with van der Waals surface area (Å²) in [6.45, 7) is 4.83. The average molecular weight is 226 g/mol. The van der Waals surface area contributed by atoms with Gasteiger partial charge in [-0.15, -0.1) is 5.10 Å². The zero-order chi connectivity index (χ0) is 11.4. The Morgan fingerprint density at radius 1 is 1.50 bits per heavy atom. The van der Waals surface area contributed by atoms with Crippen molar-refractivity contribution in [2.45, 2.75) is 32.4 Å². The maximum Gasteiger partial charge on any atom is 0.318 e. The molecule has 6 heteroatoms. The fraction of sp³-hybridized carbons (Fsp3) is 0.800. The minimum Gasteiger partial charge on any atom is -0.407 e. The van der Waals surface area contributed by atoms with Crippen LogP contribution in [0.25, 0.3) is 0 Å². The Balaban J connectivity index is 1.97. The van der Waals surface area contributed by atoms with Gasteiger partial charge in [0.1, 0.15) is 0 Å². The quantitative estimate of drug-likeness (QED) is 0.789. The highest BCUT2D eigenvalue weighted by atomic mass is 16.5. The highest BCUT2D eigenvalue weighted by molar-refractivity contribution is 5.23. The van der Waals surface area contributed by atoms with Gasteiger partial charge >= 0.3 is 6.01 Å². The van der Waals surface area contributed by atoms with E-state index in [0.29, 0.717) is 11.9 Å². The van der Waals surface area contributed by atoms with Crippen molar-refractivity contribution >= 4 is 6.01 Å². The van der Waals surface area contributed by atoms with Gasteiger partial charge in [-0.3, -0.25) is 0 Å². The SMILES string of the molecule is CCN(CC1CCCO1)c1nnc(CN)o1. The highest BCUT2D eigenvalue weighted by Gasteiger charge is 2.21. The summed E-state index contributed by atoms with van der Waals surface area (Å²) in [6.07, 6.45) is 2.53. The second-order valence-corrected chi connectivity index (χ2v) is 3.86. The van der Waals surface area contributed by atoms with Gasteiger partial charge in [-0.05, 0) is 19.8 Å². The fourth-order valence-electron chi connectivity index (χ4n) is 1.83. The number of rotatable bonds is 5. The summed E-state index contributed by atoms with van der Waals surface area (Å²) in [7, 11) is 0. The molecule has 1 aromatic rings. The molecule has 0 aliphatic carbocycles. The van der Waals surface area contributed by atoms with Crippen LogP contribution in [-0.4, -0.2) is 36.0 Å². The lowest BCUT2D eigenvalue weighted by molar-refractivity contribution is 0.115. The Labute approximate surface area is 94.8 Å². The normalized spacial score (nSPS) is 20.2. The summed E-state index contributed by atoms with van der Waals surface area (Å²) < 4.78 is 11.0. The molecule has 0 amide bonds. The van der Waals surface area contributed by atoms with Crippen molar-refractivity contribution in [1.82, 2.24) is 10.2 Å². The molecule has 2 N–H and O–H groups in total. The van der Waals surface area contributed by atoms with Crippen LogP contribution < -0.4 is 10.6 Å². The van der Waals surface area contributed by atoms with Gasteiger partial charge in [0.25, 0.3) is 0 Å². The monoisotopic (exact) mass is 226 g/mol. The lowest BCUT2D eigenvalue weighted by Crippen LogP contribution is -2.32. The first kappa shape index (κ1) is 11.3. The largest absolute Gasteiger partial charge is 0.407 e. The second kappa shape index (κ2) is 5.27. The summed E-state index contributed by atoms with van der Waals surface area (Å²) in [5, 5.41) is 7.83. The Morgan fingerprint density at radius 3 is 2.94 bits per heavy atom. The predicted molar refractivity (Wildman–Crippen MR) is 59.1 cm³/mol. The number of hydrogen-bond acceptors (Lipinski definition) is 6. The van der Waals surface area contributed by atoms with Crippen LogP contribution in [0.1, 0.15) is 25.7 Å². The Bertz CT molecular complexity index is 322. The summed E-state index contributed by atoms with van der Waals surface area (Å²) in [6, 6.07) is 0.540. The highest BCUT2D eigenvalue weighted by Crippen LogP contribution is 2.17. The van der Waals surface area contributed by atoms with Crippen LogP contribution in [0.4, 0.5) is 6.01 Å². The van der Waals surface area contributed by atoms with Crippen molar-refractivity contribution in [2.24, 2.45) is 5.73 Å². The van der Waals surface area contributed by atoms with Crippen molar-refractivity contribution in [1.29, 1.82) is 0 Å². The van der Waals surface area contributed by atoms with Crippen LogP contribution in [0.5, 0.6) is 0 Å². The van der Waals surface area contributed by atoms with Crippen LogP contribution in [-0.2, 0) is 11.3 Å². The molecular weight excluding hydrogens is 208 g/mol. The third kappa shape index (κ3) is 2.51. The van der Waals surface area contributed by atoms with Crippen LogP contribution in [0.2, 0.25) is 0 Å². The average Bonchev–Trinajstić information content (AvgIpc) is 2.96. The molecule has 1 fully saturated rings. The number of nitrogens with zero attached hydrogens (tertiary/aromatic N) is 3. The minimum absolute atomic E-state index is 0.282. The van der Waals surface area contributed by atoms with Gasteiger partial charge in [0.2, 0.25) is 5.89 Å². The zero-order valence-electron chi connectivity index (χ0n) is 9.56. The van der Waals surface area contributed by atoms with Crippen LogP contribution >= 0.6 is 0 Å². The maximum atomic E-state index is 5.58. The summed E-state index contributed by atoms with van der Waals surface area (Å²) in [5.74, 6) is 0.473. The number of hydrogen-bond donors (Lipinski definition) is 1. The Hall–Kier alpha value is -1.14. The first-order valence-electron chi connectivity index (χ1n) is 5.72. The molecule has 2 rings (SSSR count). The molecule has 90 valence electrons. The van der Waals surface area contributed by atoms with Crippen LogP contribution in [0, 0.1) is 0 Å². The Kier molecular flexibility index (Phi) is 3.74. The van der Waals surface area contributed by atoms with Crippen molar-refractivity contribution in [3.63, 3.8) is 0 Å². The molecule has 1 atom stereocenters. The third-order valence-corrected chi connectivity index (χ3v) is 2.73. The number of nitrogens with two attached hydrogens (primary N) is 1. The lowest BCUT2D eigenvalue weighted by Gasteiger charge is -2.21. The molecule has 0 radical (unpaired) electrons. The van der Waals surface area contributed by atoms with Gasteiger partial charge in [-0.1, -0.05) is 5.10 Å². The maximum absolute atomic E-state index is 5.58. The molecular formula is C10H18N4O2. The van der Waals surface area contributed by atoms with E-state index in [1.54, 1.807) is 0 Å². The van der Waals surface area contributed by atoms with E-state index in [4.69, 9.17) is 14.9 Å². The van der Waals surface area contributed by atoms with E-state index in [9.17, 15) is 0 Å². The van der Waals surface area contributed by atoms with Gasteiger partial charge in [-0.2, -0.15) is 0 Å². The van der Waals surface area contributed by atoms with Gasteiger partial charge < -0.3 is 19.8 Å². The van der Waals surface area contributed by atoms with Gasteiger partial charge in [-0.25, -0.2) is 0 Å². The summed E-state index contributed by atoms with van der Waals surface area (Å²) in [4.78, 5) is 2.03. The van der Waals surface area contributed by atoms with E-state index in [-0.39, 0.29) is 12.6 Å². The molecule has 1 aliphatic rings. The molecule has 1 saturated heterocycles. The fourth-order valence-corrected chi connectivity index (χ4v) is 1.83. The Morgan fingerprint density at radius 2 is 2.38 bits per heavy atom. The molecule has 6 nitrogen and oxygen atoms in total. The van der Waals surface area contributed by atoms with Gasteiger partial charge in [0.15, 0.2) is 0 Å². The summed E-state index contributed by atoms with van der Waals surface area (Å²) >= 11 is 0. The molecule has 16 heavy (non-hydrogen) atoms. The standard InChI is InChI=1S/C10H18N4O2/c1-2-14(7-8-4-3-5-15-8)10-13-12-9(6-11)16-10/h8H,2-7,11H2,1H3. The molecule has 2 heterocycles. The smallest absolute Gasteiger partial charge is 0.318 e. The number of anilines is 1. The number of likely N-dealkylation sites (N-methyl/N-ethyl adjacent to an activating group) is 1. The third-order valence-electron chi connectivity index (χ3n) is 2.73. The second-order valence-electron chi connectivity index (χ2n) is 3.86. The van der Waals surface area contributed by atoms with Crippen molar-refractivity contribution in [3.8, 4) is 0 Å². The van der Waals surface area contributed by atoms with E-state index in [1.807, 2.05) is 4.90 Å². The van der Waals surface area contributed by atoms with Crippen LogP contribution in [0.3, 0.4) is 0 Å². The van der Waals surface area contributed by atoms with Crippen LogP contribution in [0.15, 0.2) is 4.42 Å². The van der Waals surface area contributed by atoms with E-state index in [2.05, 4.69) is 17.1 Å². The topological polar surface area (TPSA) is 77.4 Å². The first-order chi connectivity index (χ1) is 7.83. The molecule has 0 bridgehead atoms. The molecule has 0 spiro atoms. The van der Waals surface area contributed by atoms with Gasteiger partial charge in [0, 0.05) is 19.7 Å². The molecule has 1 unspecified atom stereocenters. The van der Waals surface area contributed by atoms with E-state index >= 15 is 0 Å². The van der Waals surface area contributed by atoms with E-state index < -0.39 is 0 Å². The predicted octanol–water partition coefficient (Wildman–Crippen LogP) is 0.534. The van der Waals surface area contributed by atoms with E-state index in [1.165, 1.54) is 0 Å². The first-order valence-corrected chi connectivity index (χ1v) is 5.72. The van der Waals surface area contributed by atoms with E-state index in [0.717, 1.165) is 32.5 Å². The zero-order valence-corrected chi connectivity index (χ0v) is 9.56. The number of aromatic nitrogens is 2. The van der Waals surface area contributed by atoms with Crippen molar-refractivity contribution in [3.05, 3.63) is 5.89 Å². The molecule has 1 aromatic heterocycles.